The number of aromatic hydroxyl groups is 1. The number of carbonyl (C=O) groups excluding carboxylic acids is 2. The summed E-state index contributed by atoms with van der Waals surface area (Å²) in [5.74, 6) is -1.49. The molecule has 4 N–H and O–H groups in total. The van der Waals surface area contributed by atoms with Gasteiger partial charge in [-0.15, -0.1) is 0 Å². The Labute approximate surface area is 186 Å². The van der Waals surface area contributed by atoms with E-state index in [-0.39, 0.29) is 22.8 Å². The first kappa shape index (κ1) is 21.8. The smallest absolute Gasteiger partial charge is 0.325 e. The Morgan fingerprint density at radius 2 is 2.24 bits per heavy atom. The molecule has 1 aromatic carbocycles. The molecule has 3 aromatic rings. The van der Waals surface area contributed by atoms with Crippen molar-refractivity contribution >= 4 is 34.5 Å². The summed E-state index contributed by atoms with van der Waals surface area (Å²) in [5.41, 5.74) is 15.3. The molecule has 0 saturated carbocycles. The summed E-state index contributed by atoms with van der Waals surface area (Å²) in [6.45, 7) is 1.35. The molecule has 170 valence electrons. The van der Waals surface area contributed by atoms with Crippen molar-refractivity contribution in [3.63, 3.8) is 0 Å². The third-order valence-electron chi connectivity index (χ3n) is 5.09. The van der Waals surface area contributed by atoms with E-state index in [1.165, 1.54) is 24.8 Å². The average molecular weight is 453 g/mol. The van der Waals surface area contributed by atoms with E-state index >= 15 is 0 Å². The van der Waals surface area contributed by atoms with Gasteiger partial charge in [0, 0.05) is 17.0 Å². The van der Waals surface area contributed by atoms with Crippen LogP contribution in [0.5, 0.6) is 5.75 Å². The molecule has 14 nitrogen and oxygen atoms in total. The highest BCUT2D eigenvalue weighted by Gasteiger charge is 2.37. The SMILES string of the molecule is C[C@H]1O[C@@H](n2cnc3c(N)ncnc32)C[C@@H]1OC(=O)CNC(=O)c1ccc(N=[N+]=[N-])cc1O. The van der Waals surface area contributed by atoms with E-state index in [4.69, 9.17) is 20.7 Å². The van der Waals surface area contributed by atoms with E-state index in [0.717, 1.165) is 6.07 Å². The molecule has 1 saturated heterocycles. The van der Waals surface area contributed by atoms with Gasteiger partial charge in [0.05, 0.1) is 18.0 Å². The number of nitrogens with two attached hydrogens (primary N) is 1. The zero-order valence-electron chi connectivity index (χ0n) is 17.3. The van der Waals surface area contributed by atoms with Crippen molar-refractivity contribution in [2.24, 2.45) is 5.11 Å². The maximum atomic E-state index is 12.3. The zero-order chi connectivity index (χ0) is 23.5. The third-order valence-corrected chi connectivity index (χ3v) is 5.09. The number of nitrogen functional groups attached to an aromatic ring is 1. The third kappa shape index (κ3) is 4.46. The van der Waals surface area contributed by atoms with Crippen molar-refractivity contribution < 1.29 is 24.2 Å². The Hall–Kier alpha value is -4.42. The van der Waals surface area contributed by atoms with Gasteiger partial charge in [-0.25, -0.2) is 15.0 Å². The Morgan fingerprint density at radius 1 is 1.42 bits per heavy atom. The monoisotopic (exact) mass is 453 g/mol. The Bertz CT molecular complexity index is 1270. The fraction of sp³-hybridized carbons (Fsp3) is 0.316. The van der Waals surface area contributed by atoms with Gasteiger partial charge in [0.2, 0.25) is 0 Å². The fourth-order valence-corrected chi connectivity index (χ4v) is 3.47. The van der Waals surface area contributed by atoms with Gasteiger partial charge < -0.3 is 25.6 Å². The van der Waals surface area contributed by atoms with E-state index < -0.39 is 36.9 Å². The molecule has 4 rings (SSSR count). The second kappa shape index (κ2) is 8.98. The number of fused-ring (bicyclic) bond motifs is 1. The van der Waals surface area contributed by atoms with Crippen LogP contribution in [-0.2, 0) is 14.3 Å². The van der Waals surface area contributed by atoms with Gasteiger partial charge in [-0.1, -0.05) is 11.2 Å². The number of imidazole rings is 1. The van der Waals surface area contributed by atoms with Gasteiger partial charge in [0.25, 0.3) is 5.91 Å². The van der Waals surface area contributed by atoms with Crippen LogP contribution < -0.4 is 11.1 Å². The molecule has 0 bridgehead atoms. The largest absolute Gasteiger partial charge is 0.507 e. The predicted octanol–water partition coefficient (Wildman–Crippen LogP) is 1.71. The number of carbonyl (C=O) groups is 2. The number of hydrogen-bond donors (Lipinski definition) is 3. The first-order valence-corrected chi connectivity index (χ1v) is 9.81. The molecule has 3 heterocycles. The number of azide groups is 1. The number of rotatable bonds is 6. The van der Waals surface area contributed by atoms with E-state index in [1.807, 2.05) is 0 Å². The Balaban J connectivity index is 1.34. The minimum Gasteiger partial charge on any atom is -0.507 e. The van der Waals surface area contributed by atoms with Crippen LogP contribution in [0, 0.1) is 0 Å². The number of benzene rings is 1. The van der Waals surface area contributed by atoms with Crippen LogP contribution in [0.4, 0.5) is 11.5 Å². The summed E-state index contributed by atoms with van der Waals surface area (Å²) in [7, 11) is 0. The number of ether oxygens (including phenoxy) is 2. The van der Waals surface area contributed by atoms with Crippen molar-refractivity contribution in [3.8, 4) is 5.75 Å². The maximum Gasteiger partial charge on any atom is 0.325 e. The van der Waals surface area contributed by atoms with E-state index in [0.29, 0.717) is 17.6 Å². The average Bonchev–Trinajstić information content (AvgIpc) is 3.37. The Kier molecular flexibility index (Phi) is 5.93. The standard InChI is InChI=1S/C19H19N9O5/c1-9-13(5-14(32-9)28-8-25-16-17(20)23-7-24-18(16)28)33-15(30)6-22-19(31)11-3-2-10(26-27-21)4-12(11)29/h2-4,7-9,13-14,29H,5-6H2,1H3,(H,22,31)(H2,20,23,24)/t9-,13+,14-/m1/s1. The number of aromatic nitrogens is 4. The van der Waals surface area contributed by atoms with Gasteiger partial charge in [-0.2, -0.15) is 0 Å². The van der Waals surface area contributed by atoms with Crippen LogP contribution in [-0.4, -0.2) is 55.3 Å². The highest BCUT2D eigenvalue weighted by Crippen LogP contribution is 2.33. The van der Waals surface area contributed by atoms with Crippen molar-refractivity contribution in [1.82, 2.24) is 24.8 Å². The lowest BCUT2D eigenvalue weighted by molar-refractivity contribution is -0.150. The predicted molar refractivity (Wildman–Crippen MR) is 113 cm³/mol. The number of esters is 1. The van der Waals surface area contributed by atoms with Crippen LogP contribution in [0.25, 0.3) is 21.6 Å². The summed E-state index contributed by atoms with van der Waals surface area (Å²) in [6.07, 6.45) is 1.76. The molecular formula is C19H19N9O5. The zero-order valence-corrected chi connectivity index (χ0v) is 17.3. The molecule has 0 aliphatic carbocycles. The van der Waals surface area contributed by atoms with Crippen molar-refractivity contribution in [1.29, 1.82) is 0 Å². The van der Waals surface area contributed by atoms with E-state index in [9.17, 15) is 14.7 Å². The molecule has 0 spiro atoms. The minimum atomic E-state index is -0.687. The number of amides is 1. The molecule has 1 aliphatic heterocycles. The number of phenols is 1. The molecular weight excluding hydrogens is 434 g/mol. The van der Waals surface area contributed by atoms with Gasteiger partial charge in [-0.3, -0.25) is 14.2 Å². The molecule has 33 heavy (non-hydrogen) atoms. The highest BCUT2D eigenvalue weighted by atomic mass is 16.6. The molecule has 2 aromatic heterocycles. The Morgan fingerprint density at radius 3 is 3.00 bits per heavy atom. The van der Waals surface area contributed by atoms with Crippen LogP contribution in [0.1, 0.15) is 29.9 Å². The maximum absolute atomic E-state index is 12.3. The summed E-state index contributed by atoms with van der Waals surface area (Å²) in [6, 6.07) is 3.79. The summed E-state index contributed by atoms with van der Waals surface area (Å²) in [5, 5.41) is 15.7. The molecule has 1 amide bonds. The minimum absolute atomic E-state index is 0.0782. The topological polar surface area (TPSA) is 203 Å². The number of nitrogens with one attached hydrogen (secondary N) is 1. The summed E-state index contributed by atoms with van der Waals surface area (Å²) >= 11 is 0. The number of nitrogens with zero attached hydrogens (tertiary/aromatic N) is 7. The van der Waals surface area contributed by atoms with Gasteiger partial charge in [0.1, 0.15) is 36.5 Å². The van der Waals surface area contributed by atoms with Crippen molar-refractivity contribution in [2.75, 3.05) is 12.3 Å². The van der Waals surface area contributed by atoms with Crippen LogP contribution in [0.2, 0.25) is 0 Å². The number of anilines is 1. The lowest BCUT2D eigenvalue weighted by atomic mass is 10.1. The molecule has 1 fully saturated rings. The first-order chi connectivity index (χ1) is 15.9. The molecule has 0 radical (unpaired) electrons. The van der Waals surface area contributed by atoms with Crippen LogP contribution >= 0.6 is 0 Å². The molecule has 14 heteroatoms. The van der Waals surface area contributed by atoms with Gasteiger partial charge in [0.15, 0.2) is 11.5 Å². The van der Waals surface area contributed by atoms with Crippen molar-refractivity contribution in [2.45, 2.75) is 31.8 Å². The quantitative estimate of drug-likeness (QED) is 0.215. The van der Waals surface area contributed by atoms with Crippen LogP contribution in [0.3, 0.4) is 0 Å². The van der Waals surface area contributed by atoms with Gasteiger partial charge >= 0.3 is 5.97 Å². The fourth-order valence-electron chi connectivity index (χ4n) is 3.47. The lowest BCUT2D eigenvalue weighted by Crippen LogP contribution is -2.34. The second-order valence-corrected chi connectivity index (χ2v) is 7.22. The first-order valence-electron chi connectivity index (χ1n) is 9.81. The number of hydrogen-bond acceptors (Lipinski definition) is 10. The lowest BCUT2D eigenvalue weighted by Gasteiger charge is -2.15. The number of phenolic OH excluding ortho intramolecular Hbond substituents is 1. The van der Waals surface area contributed by atoms with Crippen LogP contribution in [0.15, 0.2) is 36.0 Å². The molecule has 0 unspecified atom stereocenters. The second-order valence-electron chi connectivity index (χ2n) is 7.22. The van der Waals surface area contributed by atoms with E-state index in [1.54, 1.807) is 11.5 Å². The normalized spacial score (nSPS) is 19.7. The molecule has 1 aliphatic rings. The summed E-state index contributed by atoms with van der Waals surface area (Å²) in [4.78, 5) is 39.4. The van der Waals surface area contributed by atoms with Crippen molar-refractivity contribution in [3.05, 3.63) is 46.9 Å². The van der Waals surface area contributed by atoms with Gasteiger partial charge in [-0.05, 0) is 24.6 Å². The summed E-state index contributed by atoms with van der Waals surface area (Å²) < 4.78 is 13.1. The highest BCUT2D eigenvalue weighted by molar-refractivity contribution is 5.98. The molecule has 3 atom stereocenters. The van der Waals surface area contributed by atoms with E-state index in [2.05, 4.69) is 30.3 Å².